The Bertz CT molecular complexity index is 528. The van der Waals surface area contributed by atoms with E-state index in [-0.39, 0.29) is 12.1 Å². The number of benzene rings is 1. The zero-order valence-corrected chi connectivity index (χ0v) is 12.3. The van der Waals surface area contributed by atoms with Crippen LogP contribution in [0.2, 0.25) is 0 Å². The van der Waals surface area contributed by atoms with Crippen molar-refractivity contribution >= 4 is 0 Å². The van der Waals surface area contributed by atoms with Crippen LogP contribution >= 0.6 is 0 Å². The molecule has 0 aliphatic heterocycles. The normalized spacial score (nSPS) is 13.8. The Balaban J connectivity index is 2.17. The Morgan fingerprint density at radius 3 is 2.55 bits per heavy atom. The zero-order valence-electron chi connectivity index (χ0n) is 12.3. The van der Waals surface area contributed by atoms with Crippen LogP contribution in [0.1, 0.15) is 43.6 Å². The highest BCUT2D eigenvalue weighted by Gasteiger charge is 2.17. The van der Waals surface area contributed by atoms with Crippen molar-refractivity contribution in [2.75, 3.05) is 7.11 Å². The average molecular weight is 270 g/mol. The molecule has 1 N–H and O–H groups in total. The number of nitrogens with one attached hydrogen (secondary N) is 1. The van der Waals surface area contributed by atoms with Crippen molar-refractivity contribution in [1.82, 2.24) is 10.3 Å². The second-order valence-corrected chi connectivity index (χ2v) is 4.85. The number of methoxy groups -OCH3 is 1. The summed E-state index contributed by atoms with van der Waals surface area (Å²) in [5, 5.41) is 3.63. The van der Waals surface area contributed by atoms with E-state index < -0.39 is 0 Å². The maximum absolute atomic E-state index is 5.46. The van der Waals surface area contributed by atoms with E-state index in [1.54, 1.807) is 7.11 Å². The van der Waals surface area contributed by atoms with Gasteiger partial charge in [-0.05, 0) is 31.5 Å². The van der Waals surface area contributed by atoms with Gasteiger partial charge in [0, 0.05) is 23.8 Å². The van der Waals surface area contributed by atoms with Gasteiger partial charge in [-0.1, -0.05) is 31.2 Å². The fraction of sp³-hybridized carbons (Fsp3) is 0.353. The summed E-state index contributed by atoms with van der Waals surface area (Å²) in [6.07, 6.45) is 2.83. The second-order valence-electron chi connectivity index (χ2n) is 4.85. The van der Waals surface area contributed by atoms with Crippen LogP contribution in [0.15, 0.2) is 48.7 Å². The fourth-order valence-electron chi connectivity index (χ4n) is 2.40. The van der Waals surface area contributed by atoms with E-state index in [1.807, 2.05) is 42.6 Å². The summed E-state index contributed by atoms with van der Waals surface area (Å²) in [4.78, 5) is 4.41. The van der Waals surface area contributed by atoms with Gasteiger partial charge in [-0.15, -0.1) is 0 Å². The van der Waals surface area contributed by atoms with Gasteiger partial charge in [-0.3, -0.25) is 4.98 Å². The molecule has 1 aromatic carbocycles. The van der Waals surface area contributed by atoms with E-state index in [2.05, 4.69) is 30.2 Å². The molecule has 2 aromatic rings. The third-order valence-electron chi connectivity index (χ3n) is 3.51. The predicted octanol–water partition coefficient (Wildman–Crippen LogP) is 3.89. The van der Waals surface area contributed by atoms with Crippen LogP contribution in [0.4, 0.5) is 0 Å². The van der Waals surface area contributed by atoms with Gasteiger partial charge in [-0.2, -0.15) is 0 Å². The number of pyridine rings is 1. The van der Waals surface area contributed by atoms with Crippen LogP contribution in [0, 0.1) is 0 Å². The number of rotatable bonds is 6. The van der Waals surface area contributed by atoms with Crippen molar-refractivity contribution < 1.29 is 4.74 Å². The molecule has 0 fully saturated rings. The summed E-state index contributed by atoms with van der Waals surface area (Å²) in [5.41, 5.74) is 2.25. The van der Waals surface area contributed by atoms with Crippen molar-refractivity contribution in [3.8, 4) is 5.75 Å². The van der Waals surface area contributed by atoms with Crippen LogP contribution in [0.3, 0.4) is 0 Å². The molecule has 2 atom stereocenters. The minimum Gasteiger partial charge on any atom is -0.496 e. The number of nitrogens with zero attached hydrogens (tertiary/aromatic N) is 1. The number of para-hydroxylation sites is 1. The Morgan fingerprint density at radius 2 is 1.90 bits per heavy atom. The van der Waals surface area contributed by atoms with Gasteiger partial charge in [-0.25, -0.2) is 0 Å². The molecule has 0 aliphatic carbocycles. The summed E-state index contributed by atoms with van der Waals surface area (Å²) in [6.45, 7) is 4.32. The monoisotopic (exact) mass is 270 g/mol. The molecule has 1 heterocycles. The van der Waals surface area contributed by atoms with E-state index in [0.29, 0.717) is 0 Å². The molecular weight excluding hydrogens is 248 g/mol. The van der Waals surface area contributed by atoms with Crippen molar-refractivity contribution in [2.45, 2.75) is 32.4 Å². The SMILES string of the molecule is CCC(NC(C)c1ccccn1)c1ccccc1OC. The topological polar surface area (TPSA) is 34.2 Å². The van der Waals surface area contributed by atoms with Crippen LogP contribution in [0.25, 0.3) is 0 Å². The molecule has 2 unspecified atom stereocenters. The minimum atomic E-state index is 0.200. The highest BCUT2D eigenvalue weighted by Crippen LogP contribution is 2.28. The second kappa shape index (κ2) is 7.06. The molecular formula is C17H22N2O. The van der Waals surface area contributed by atoms with Gasteiger partial charge in [0.25, 0.3) is 0 Å². The first kappa shape index (κ1) is 14.5. The maximum Gasteiger partial charge on any atom is 0.123 e. The van der Waals surface area contributed by atoms with Crippen LogP contribution in [-0.2, 0) is 0 Å². The third kappa shape index (κ3) is 3.36. The summed E-state index contributed by atoms with van der Waals surface area (Å²) < 4.78 is 5.46. The first-order chi connectivity index (χ1) is 9.76. The third-order valence-corrected chi connectivity index (χ3v) is 3.51. The van der Waals surface area contributed by atoms with Gasteiger partial charge >= 0.3 is 0 Å². The molecule has 1 aromatic heterocycles. The number of hydrogen-bond donors (Lipinski definition) is 1. The van der Waals surface area contributed by atoms with Crippen molar-refractivity contribution in [3.05, 3.63) is 59.9 Å². The lowest BCUT2D eigenvalue weighted by Crippen LogP contribution is -2.25. The van der Waals surface area contributed by atoms with E-state index in [0.717, 1.165) is 17.9 Å². The molecule has 0 saturated carbocycles. The Hall–Kier alpha value is -1.87. The summed E-state index contributed by atoms with van der Waals surface area (Å²) in [7, 11) is 1.72. The van der Waals surface area contributed by atoms with Crippen LogP contribution in [-0.4, -0.2) is 12.1 Å². The van der Waals surface area contributed by atoms with E-state index in [9.17, 15) is 0 Å². The highest BCUT2D eigenvalue weighted by atomic mass is 16.5. The molecule has 0 amide bonds. The summed E-state index contributed by atoms with van der Waals surface area (Å²) in [6, 6.07) is 14.6. The predicted molar refractivity (Wildman–Crippen MR) is 81.8 cm³/mol. The molecule has 106 valence electrons. The lowest BCUT2D eigenvalue weighted by Gasteiger charge is -2.24. The molecule has 3 nitrogen and oxygen atoms in total. The van der Waals surface area contributed by atoms with Gasteiger partial charge < -0.3 is 10.1 Å². The minimum absolute atomic E-state index is 0.200. The molecule has 3 heteroatoms. The molecule has 0 radical (unpaired) electrons. The fourth-order valence-corrected chi connectivity index (χ4v) is 2.40. The molecule has 0 bridgehead atoms. The summed E-state index contributed by atoms with van der Waals surface area (Å²) in [5.74, 6) is 0.931. The molecule has 0 spiro atoms. The van der Waals surface area contributed by atoms with Gasteiger partial charge in [0.2, 0.25) is 0 Å². The van der Waals surface area contributed by atoms with Crippen molar-refractivity contribution in [3.63, 3.8) is 0 Å². The molecule has 20 heavy (non-hydrogen) atoms. The number of ether oxygens (including phenoxy) is 1. The van der Waals surface area contributed by atoms with Gasteiger partial charge in [0.1, 0.15) is 5.75 Å². The van der Waals surface area contributed by atoms with Gasteiger partial charge in [0.05, 0.1) is 12.8 Å². The number of hydrogen-bond acceptors (Lipinski definition) is 3. The maximum atomic E-state index is 5.46. The molecule has 2 rings (SSSR count). The quantitative estimate of drug-likeness (QED) is 0.864. The molecule has 0 aliphatic rings. The Morgan fingerprint density at radius 1 is 1.15 bits per heavy atom. The Labute approximate surface area is 121 Å². The van der Waals surface area contributed by atoms with E-state index in [1.165, 1.54) is 5.56 Å². The smallest absolute Gasteiger partial charge is 0.123 e. The van der Waals surface area contributed by atoms with E-state index >= 15 is 0 Å². The lowest BCUT2D eigenvalue weighted by atomic mass is 10.0. The lowest BCUT2D eigenvalue weighted by molar-refractivity contribution is 0.387. The van der Waals surface area contributed by atoms with Crippen LogP contribution in [0.5, 0.6) is 5.75 Å². The molecule has 0 saturated heterocycles. The summed E-state index contributed by atoms with van der Waals surface area (Å²) >= 11 is 0. The largest absolute Gasteiger partial charge is 0.496 e. The zero-order chi connectivity index (χ0) is 14.4. The number of aromatic nitrogens is 1. The van der Waals surface area contributed by atoms with Crippen molar-refractivity contribution in [1.29, 1.82) is 0 Å². The van der Waals surface area contributed by atoms with Gasteiger partial charge in [0.15, 0.2) is 0 Å². The Kier molecular flexibility index (Phi) is 5.13. The first-order valence-corrected chi connectivity index (χ1v) is 7.06. The average Bonchev–Trinajstić information content (AvgIpc) is 2.53. The first-order valence-electron chi connectivity index (χ1n) is 7.06. The van der Waals surface area contributed by atoms with Crippen LogP contribution < -0.4 is 10.1 Å². The standard InChI is InChI=1S/C17H22N2O/c1-4-15(14-9-5-6-11-17(14)20-3)19-13(2)16-10-7-8-12-18-16/h5-13,15,19H,4H2,1-3H3. The van der Waals surface area contributed by atoms with Crippen molar-refractivity contribution in [2.24, 2.45) is 0 Å². The van der Waals surface area contributed by atoms with E-state index in [4.69, 9.17) is 4.74 Å². The highest BCUT2D eigenvalue weighted by molar-refractivity contribution is 5.36.